The summed E-state index contributed by atoms with van der Waals surface area (Å²) in [6.45, 7) is 13.9. The Kier molecular flexibility index (Phi) is 7.80. The molecule has 4 heteroatoms. The van der Waals surface area contributed by atoms with E-state index in [1.165, 1.54) is 11.1 Å². The fourth-order valence-corrected chi connectivity index (χ4v) is 3.95. The number of carbonyl (C=O) groups is 1. The minimum atomic E-state index is -0.0287. The molecular formula is C27H35N3O. The van der Waals surface area contributed by atoms with Crippen molar-refractivity contribution in [3.8, 4) is 11.3 Å². The zero-order valence-electron chi connectivity index (χ0n) is 19.5. The molecule has 1 aromatic heterocycles. The summed E-state index contributed by atoms with van der Waals surface area (Å²) in [5.74, 6) is -0.0287. The van der Waals surface area contributed by atoms with Crippen LogP contribution in [-0.2, 0) is 0 Å². The van der Waals surface area contributed by atoms with Crippen LogP contribution in [-0.4, -0.2) is 41.5 Å². The predicted octanol–water partition coefficient (Wildman–Crippen LogP) is 5.76. The van der Waals surface area contributed by atoms with Crippen LogP contribution >= 0.6 is 0 Å². The first-order valence-electron chi connectivity index (χ1n) is 11.4. The second kappa shape index (κ2) is 10.5. The molecule has 0 fully saturated rings. The van der Waals surface area contributed by atoms with E-state index in [2.05, 4.69) is 63.0 Å². The summed E-state index contributed by atoms with van der Waals surface area (Å²) in [7, 11) is 0. The molecule has 0 aliphatic heterocycles. The molecule has 1 unspecified atom stereocenters. The van der Waals surface area contributed by atoms with E-state index in [1.54, 1.807) is 0 Å². The molecule has 2 aromatic carbocycles. The smallest absolute Gasteiger partial charge is 0.252 e. The number of benzene rings is 2. The van der Waals surface area contributed by atoms with Crippen molar-refractivity contribution in [2.45, 2.75) is 53.5 Å². The largest absolute Gasteiger partial charge is 0.350 e. The van der Waals surface area contributed by atoms with E-state index in [1.807, 2.05) is 30.3 Å². The number of hydrogen-bond acceptors (Lipinski definition) is 3. The molecule has 0 saturated heterocycles. The first-order chi connectivity index (χ1) is 14.9. The number of hydrogen-bond donors (Lipinski definition) is 1. The van der Waals surface area contributed by atoms with Crippen molar-refractivity contribution < 1.29 is 4.79 Å². The van der Waals surface area contributed by atoms with E-state index in [4.69, 9.17) is 4.98 Å². The summed E-state index contributed by atoms with van der Waals surface area (Å²) >= 11 is 0. The average Bonchev–Trinajstić information content (AvgIpc) is 2.77. The summed E-state index contributed by atoms with van der Waals surface area (Å²) in [4.78, 5) is 20.5. The molecule has 164 valence electrons. The molecule has 31 heavy (non-hydrogen) atoms. The second-order valence-electron chi connectivity index (χ2n) is 8.41. The maximum Gasteiger partial charge on any atom is 0.252 e. The molecular weight excluding hydrogens is 382 g/mol. The van der Waals surface area contributed by atoms with Gasteiger partial charge >= 0.3 is 0 Å². The van der Waals surface area contributed by atoms with Crippen molar-refractivity contribution in [1.82, 2.24) is 15.2 Å². The highest BCUT2D eigenvalue weighted by Crippen LogP contribution is 2.26. The average molecular weight is 418 g/mol. The topological polar surface area (TPSA) is 45.2 Å². The van der Waals surface area contributed by atoms with Gasteiger partial charge in [0, 0.05) is 17.0 Å². The summed E-state index contributed by atoms with van der Waals surface area (Å²) in [6.07, 6.45) is 2.05. The lowest BCUT2D eigenvalue weighted by Crippen LogP contribution is -2.33. The van der Waals surface area contributed by atoms with Crippen LogP contribution in [0.1, 0.15) is 55.1 Å². The number of nitrogens with zero attached hydrogens (tertiary/aromatic N) is 2. The molecule has 0 spiro atoms. The molecule has 0 bridgehead atoms. The molecule has 3 aromatic rings. The number of amides is 1. The Morgan fingerprint density at radius 1 is 1.03 bits per heavy atom. The molecule has 1 heterocycles. The number of carbonyl (C=O) groups excluding carboxylic acids is 1. The van der Waals surface area contributed by atoms with Gasteiger partial charge in [0.25, 0.3) is 5.91 Å². The fourth-order valence-electron chi connectivity index (χ4n) is 3.95. The number of nitrogens with one attached hydrogen (secondary N) is 1. The molecule has 1 atom stereocenters. The molecule has 1 amide bonds. The van der Waals surface area contributed by atoms with Gasteiger partial charge in [0.15, 0.2) is 0 Å². The van der Waals surface area contributed by atoms with Gasteiger partial charge in [0.2, 0.25) is 0 Å². The normalized spacial score (nSPS) is 12.3. The monoisotopic (exact) mass is 417 g/mol. The first-order valence-corrected chi connectivity index (χ1v) is 11.4. The van der Waals surface area contributed by atoms with Gasteiger partial charge in [-0.15, -0.1) is 0 Å². The predicted molar refractivity (Wildman–Crippen MR) is 131 cm³/mol. The zero-order chi connectivity index (χ0) is 22.4. The fraction of sp³-hybridized carbons (Fsp3) is 0.407. The Balaban J connectivity index is 1.83. The van der Waals surface area contributed by atoms with Gasteiger partial charge in [-0.1, -0.05) is 44.2 Å². The third-order valence-corrected chi connectivity index (χ3v) is 6.15. The van der Waals surface area contributed by atoms with Gasteiger partial charge in [-0.3, -0.25) is 4.79 Å². The van der Waals surface area contributed by atoms with Gasteiger partial charge in [-0.05, 0) is 82.6 Å². The third-order valence-electron chi connectivity index (χ3n) is 6.15. The lowest BCUT2D eigenvalue weighted by atomic mass is 10.0. The third kappa shape index (κ3) is 5.71. The van der Waals surface area contributed by atoms with Crippen LogP contribution in [0.4, 0.5) is 0 Å². The number of rotatable bonds is 9. The van der Waals surface area contributed by atoms with Crippen LogP contribution in [0.15, 0.2) is 48.5 Å². The lowest BCUT2D eigenvalue weighted by Gasteiger charge is -2.20. The molecule has 4 nitrogen and oxygen atoms in total. The van der Waals surface area contributed by atoms with Crippen LogP contribution < -0.4 is 5.32 Å². The van der Waals surface area contributed by atoms with Crippen molar-refractivity contribution in [1.29, 1.82) is 0 Å². The van der Waals surface area contributed by atoms with Crippen molar-refractivity contribution in [3.05, 3.63) is 65.2 Å². The standard InChI is InChI=1S/C27H35N3O/c1-6-30(7-2)16-10-11-21(5)28-27(31)24-18-26(22-15-14-19(3)20(4)17-22)29-25-13-9-8-12-23(24)25/h8-9,12-15,17-18,21H,6-7,10-11,16H2,1-5H3,(H,28,31). The van der Waals surface area contributed by atoms with E-state index in [-0.39, 0.29) is 11.9 Å². The summed E-state index contributed by atoms with van der Waals surface area (Å²) in [5, 5.41) is 4.10. The quantitative estimate of drug-likeness (QED) is 0.481. The van der Waals surface area contributed by atoms with Crippen LogP contribution in [0.5, 0.6) is 0 Å². The Labute approximate surface area is 186 Å². The van der Waals surface area contributed by atoms with Crippen molar-refractivity contribution in [2.75, 3.05) is 19.6 Å². The van der Waals surface area contributed by atoms with Gasteiger partial charge < -0.3 is 10.2 Å². The van der Waals surface area contributed by atoms with Crippen molar-refractivity contribution in [2.24, 2.45) is 0 Å². The first kappa shape index (κ1) is 23.0. The molecule has 0 aliphatic carbocycles. The maximum absolute atomic E-state index is 13.2. The molecule has 3 rings (SSSR count). The summed E-state index contributed by atoms with van der Waals surface area (Å²) < 4.78 is 0. The Bertz CT molecular complexity index is 1040. The van der Waals surface area contributed by atoms with Crippen LogP contribution in [0.3, 0.4) is 0 Å². The Hall–Kier alpha value is -2.72. The number of aromatic nitrogens is 1. The Morgan fingerprint density at radius 2 is 1.77 bits per heavy atom. The zero-order valence-corrected chi connectivity index (χ0v) is 19.5. The number of para-hydroxylation sites is 1. The maximum atomic E-state index is 13.2. The number of pyridine rings is 1. The van der Waals surface area contributed by atoms with E-state index < -0.39 is 0 Å². The van der Waals surface area contributed by atoms with Gasteiger partial charge in [-0.2, -0.15) is 0 Å². The van der Waals surface area contributed by atoms with E-state index in [9.17, 15) is 4.79 Å². The van der Waals surface area contributed by atoms with Gasteiger partial charge in [0.1, 0.15) is 0 Å². The summed E-state index contributed by atoms with van der Waals surface area (Å²) in [6, 6.07) is 16.3. The number of fused-ring (bicyclic) bond motifs is 1. The van der Waals surface area contributed by atoms with Crippen LogP contribution in [0.25, 0.3) is 22.2 Å². The lowest BCUT2D eigenvalue weighted by molar-refractivity contribution is 0.0939. The summed E-state index contributed by atoms with van der Waals surface area (Å²) in [5.41, 5.74) is 5.88. The Morgan fingerprint density at radius 3 is 2.48 bits per heavy atom. The van der Waals surface area contributed by atoms with Gasteiger partial charge in [0.05, 0.1) is 16.8 Å². The minimum absolute atomic E-state index is 0.0287. The van der Waals surface area contributed by atoms with E-state index in [0.717, 1.165) is 54.6 Å². The van der Waals surface area contributed by atoms with E-state index >= 15 is 0 Å². The highest BCUT2D eigenvalue weighted by atomic mass is 16.1. The van der Waals surface area contributed by atoms with Gasteiger partial charge in [-0.25, -0.2) is 4.98 Å². The molecule has 0 saturated carbocycles. The SMILES string of the molecule is CCN(CC)CCCC(C)NC(=O)c1cc(-c2ccc(C)c(C)c2)nc2ccccc12. The van der Waals surface area contributed by atoms with Crippen LogP contribution in [0.2, 0.25) is 0 Å². The molecule has 0 radical (unpaired) electrons. The molecule has 1 N–H and O–H groups in total. The van der Waals surface area contributed by atoms with Crippen molar-refractivity contribution >= 4 is 16.8 Å². The molecule has 0 aliphatic rings. The van der Waals surface area contributed by atoms with Crippen LogP contribution in [0, 0.1) is 13.8 Å². The highest BCUT2D eigenvalue weighted by molar-refractivity contribution is 6.07. The van der Waals surface area contributed by atoms with Crippen molar-refractivity contribution in [3.63, 3.8) is 0 Å². The second-order valence-corrected chi connectivity index (χ2v) is 8.41. The number of aryl methyl sites for hydroxylation is 2. The van der Waals surface area contributed by atoms with E-state index in [0.29, 0.717) is 5.56 Å². The minimum Gasteiger partial charge on any atom is -0.350 e. The highest BCUT2D eigenvalue weighted by Gasteiger charge is 2.16.